The standard InChI is InChI=1S/C37H30O2P2/c38-40(32-13-5-1-6-14-32,33-15-7-2-8-16-33)36-25-21-30(22-26-36)29-31-23-27-37(28-24-31)41(39,34-17-9-3-10-18-34)35-19-11-4-12-20-35/h1-28H,29H2. The molecule has 0 saturated carbocycles. The molecule has 2 nitrogen and oxygen atoms in total. The minimum Gasteiger partial charge on any atom is -0.309 e. The molecule has 0 aliphatic carbocycles. The molecular formula is C37H30O2P2. The van der Waals surface area contributed by atoms with Gasteiger partial charge in [0, 0.05) is 31.8 Å². The van der Waals surface area contributed by atoms with Crippen molar-refractivity contribution in [3.05, 3.63) is 181 Å². The molecule has 4 heteroatoms. The van der Waals surface area contributed by atoms with Gasteiger partial charge in [0.05, 0.1) is 0 Å². The molecule has 0 saturated heterocycles. The zero-order valence-electron chi connectivity index (χ0n) is 22.6. The molecule has 0 aromatic heterocycles. The van der Waals surface area contributed by atoms with Crippen LogP contribution in [-0.4, -0.2) is 0 Å². The second-order valence-electron chi connectivity index (χ2n) is 10.1. The molecule has 0 spiro atoms. The summed E-state index contributed by atoms with van der Waals surface area (Å²) in [7, 11) is -5.99. The summed E-state index contributed by atoms with van der Waals surface area (Å²) in [5.74, 6) is 0. The molecular weight excluding hydrogens is 538 g/mol. The second-order valence-corrected chi connectivity index (χ2v) is 15.6. The summed E-state index contributed by atoms with van der Waals surface area (Å²) in [6, 6.07) is 55.2. The van der Waals surface area contributed by atoms with Crippen molar-refractivity contribution in [2.24, 2.45) is 0 Å². The first-order valence-corrected chi connectivity index (χ1v) is 17.1. The van der Waals surface area contributed by atoms with Gasteiger partial charge in [-0.2, -0.15) is 0 Å². The lowest BCUT2D eigenvalue weighted by Gasteiger charge is -2.20. The molecule has 200 valence electrons. The predicted octanol–water partition coefficient (Wildman–Crippen LogP) is 6.56. The van der Waals surface area contributed by atoms with Gasteiger partial charge in [0.1, 0.15) is 0 Å². The monoisotopic (exact) mass is 568 g/mol. The van der Waals surface area contributed by atoms with Crippen molar-refractivity contribution < 1.29 is 9.13 Å². The van der Waals surface area contributed by atoms with E-state index in [9.17, 15) is 9.13 Å². The highest BCUT2D eigenvalue weighted by atomic mass is 31.2. The average molecular weight is 569 g/mol. The van der Waals surface area contributed by atoms with Crippen molar-refractivity contribution >= 4 is 46.1 Å². The van der Waals surface area contributed by atoms with Gasteiger partial charge in [0.15, 0.2) is 14.3 Å². The molecule has 41 heavy (non-hydrogen) atoms. The van der Waals surface area contributed by atoms with Crippen molar-refractivity contribution in [3.63, 3.8) is 0 Å². The zero-order valence-corrected chi connectivity index (χ0v) is 24.4. The molecule has 0 amide bonds. The zero-order chi connectivity index (χ0) is 28.1. The maximum absolute atomic E-state index is 14.6. The van der Waals surface area contributed by atoms with Crippen LogP contribution < -0.4 is 31.8 Å². The van der Waals surface area contributed by atoms with Crippen LogP contribution in [0.4, 0.5) is 0 Å². The third-order valence-corrected chi connectivity index (χ3v) is 13.6. The van der Waals surface area contributed by atoms with Crippen LogP contribution in [0.2, 0.25) is 0 Å². The molecule has 0 N–H and O–H groups in total. The predicted molar refractivity (Wildman–Crippen MR) is 174 cm³/mol. The van der Waals surface area contributed by atoms with Crippen LogP contribution in [0.15, 0.2) is 170 Å². The Labute approximate surface area is 242 Å². The quantitative estimate of drug-likeness (QED) is 0.195. The van der Waals surface area contributed by atoms with Gasteiger partial charge in [0.2, 0.25) is 0 Å². The SMILES string of the molecule is O=P(c1ccccc1)(c1ccccc1)c1ccc(Cc2ccc(P(=O)(c3ccccc3)c3ccccc3)cc2)cc1. The molecule has 6 aromatic rings. The van der Waals surface area contributed by atoms with Crippen molar-refractivity contribution in [2.75, 3.05) is 0 Å². The molecule has 0 radical (unpaired) electrons. The van der Waals surface area contributed by atoms with Crippen LogP contribution in [0.3, 0.4) is 0 Å². The normalized spacial score (nSPS) is 11.7. The van der Waals surface area contributed by atoms with E-state index >= 15 is 0 Å². The van der Waals surface area contributed by atoms with E-state index in [1.807, 2.05) is 146 Å². The Bertz CT molecular complexity index is 1590. The lowest BCUT2D eigenvalue weighted by atomic mass is 10.1. The third-order valence-electron chi connectivity index (χ3n) is 7.49. The van der Waals surface area contributed by atoms with Crippen LogP contribution in [-0.2, 0) is 15.6 Å². The van der Waals surface area contributed by atoms with Crippen molar-refractivity contribution in [2.45, 2.75) is 6.42 Å². The summed E-state index contributed by atoms with van der Waals surface area (Å²) >= 11 is 0. The Hall–Kier alpha value is -4.22. The molecule has 0 unspecified atom stereocenters. The average Bonchev–Trinajstić information content (AvgIpc) is 3.06. The Balaban J connectivity index is 1.29. The number of rotatable bonds is 8. The fraction of sp³-hybridized carbons (Fsp3) is 0.0270. The fourth-order valence-corrected chi connectivity index (χ4v) is 10.6. The number of benzene rings is 6. The largest absolute Gasteiger partial charge is 0.309 e. The van der Waals surface area contributed by atoms with E-state index in [1.54, 1.807) is 0 Å². The Morgan fingerprint density at radius 2 is 0.512 bits per heavy atom. The van der Waals surface area contributed by atoms with Gasteiger partial charge in [-0.1, -0.05) is 170 Å². The maximum Gasteiger partial charge on any atom is 0.171 e. The molecule has 0 bridgehead atoms. The van der Waals surface area contributed by atoms with Gasteiger partial charge >= 0.3 is 0 Å². The van der Waals surface area contributed by atoms with Gasteiger partial charge in [0.25, 0.3) is 0 Å². The molecule has 0 fully saturated rings. The first-order valence-electron chi connectivity index (χ1n) is 13.7. The van der Waals surface area contributed by atoms with Crippen molar-refractivity contribution in [1.82, 2.24) is 0 Å². The summed E-state index contributed by atoms with van der Waals surface area (Å²) in [5, 5.41) is 4.96. The molecule has 6 aromatic carbocycles. The Kier molecular flexibility index (Phi) is 7.71. The maximum atomic E-state index is 14.6. The summed E-state index contributed by atoms with van der Waals surface area (Å²) in [5.41, 5.74) is 2.26. The van der Waals surface area contributed by atoms with Crippen molar-refractivity contribution in [1.29, 1.82) is 0 Å². The van der Waals surface area contributed by atoms with E-state index in [-0.39, 0.29) is 0 Å². The summed E-state index contributed by atoms with van der Waals surface area (Å²) in [6.07, 6.45) is 0.725. The minimum atomic E-state index is -2.99. The number of hydrogen-bond acceptors (Lipinski definition) is 2. The first kappa shape index (κ1) is 27.0. The van der Waals surface area contributed by atoms with E-state index in [0.29, 0.717) is 0 Å². The second kappa shape index (κ2) is 11.7. The van der Waals surface area contributed by atoms with Crippen LogP contribution in [0.1, 0.15) is 11.1 Å². The highest BCUT2D eigenvalue weighted by Gasteiger charge is 2.30. The van der Waals surface area contributed by atoms with Crippen molar-refractivity contribution in [3.8, 4) is 0 Å². The van der Waals surface area contributed by atoms with Gasteiger partial charge in [-0.15, -0.1) is 0 Å². The fourth-order valence-electron chi connectivity index (χ4n) is 5.33. The molecule has 0 atom stereocenters. The molecule has 6 rings (SSSR count). The van der Waals surface area contributed by atoms with E-state index in [0.717, 1.165) is 49.4 Å². The third kappa shape index (κ3) is 5.30. The van der Waals surface area contributed by atoms with E-state index in [2.05, 4.69) is 24.3 Å². The lowest BCUT2D eigenvalue weighted by Crippen LogP contribution is -2.25. The van der Waals surface area contributed by atoms with Gasteiger partial charge in [-0.25, -0.2) is 0 Å². The highest BCUT2D eigenvalue weighted by molar-refractivity contribution is 7.85. The Morgan fingerprint density at radius 3 is 0.756 bits per heavy atom. The highest BCUT2D eigenvalue weighted by Crippen LogP contribution is 2.43. The summed E-state index contributed by atoms with van der Waals surface area (Å²) in [6.45, 7) is 0. The minimum absolute atomic E-state index is 0.725. The summed E-state index contributed by atoms with van der Waals surface area (Å²) < 4.78 is 29.3. The lowest BCUT2D eigenvalue weighted by molar-refractivity contribution is 0.591. The number of hydrogen-bond donors (Lipinski definition) is 0. The summed E-state index contributed by atoms with van der Waals surface area (Å²) in [4.78, 5) is 0. The molecule has 0 aliphatic heterocycles. The Morgan fingerprint density at radius 1 is 0.293 bits per heavy atom. The molecule has 0 aliphatic rings. The van der Waals surface area contributed by atoms with Crippen LogP contribution in [0, 0.1) is 0 Å². The van der Waals surface area contributed by atoms with E-state index in [4.69, 9.17) is 0 Å². The van der Waals surface area contributed by atoms with Crippen LogP contribution in [0.25, 0.3) is 0 Å². The van der Waals surface area contributed by atoms with Gasteiger partial charge < -0.3 is 9.13 Å². The smallest absolute Gasteiger partial charge is 0.171 e. The van der Waals surface area contributed by atoms with Gasteiger partial charge in [-0.05, 0) is 17.5 Å². The molecule has 0 heterocycles. The van der Waals surface area contributed by atoms with Crippen LogP contribution in [0.5, 0.6) is 0 Å². The topological polar surface area (TPSA) is 34.1 Å². The van der Waals surface area contributed by atoms with E-state index in [1.165, 1.54) is 0 Å². The van der Waals surface area contributed by atoms with Gasteiger partial charge in [-0.3, -0.25) is 0 Å². The first-order chi connectivity index (χ1) is 20.1. The van der Waals surface area contributed by atoms with E-state index < -0.39 is 14.3 Å². The van der Waals surface area contributed by atoms with Crippen LogP contribution >= 0.6 is 14.3 Å².